The Kier molecular flexibility index (Phi) is 4.65. The maximum atomic E-state index is 5.59. The lowest BCUT2D eigenvalue weighted by atomic mass is 10.2. The minimum Gasteiger partial charge on any atom is -0.492 e. The summed E-state index contributed by atoms with van der Waals surface area (Å²) >= 11 is 0. The average Bonchev–Trinajstić information content (AvgIpc) is 2.83. The molecule has 1 aromatic carbocycles. The van der Waals surface area contributed by atoms with Gasteiger partial charge < -0.3 is 15.4 Å². The van der Waals surface area contributed by atoms with Crippen molar-refractivity contribution in [2.24, 2.45) is 0 Å². The van der Waals surface area contributed by atoms with Crippen LogP contribution in [0.1, 0.15) is 12.8 Å². The Hall–Kier alpha value is -1.06. The van der Waals surface area contributed by atoms with Crippen LogP contribution in [0.5, 0.6) is 5.75 Å². The summed E-state index contributed by atoms with van der Waals surface area (Å²) in [4.78, 5) is 0. The Balaban J connectivity index is 1.52. The Morgan fingerprint density at radius 2 is 2.19 bits per heavy atom. The molecule has 1 atom stereocenters. The van der Waals surface area contributed by atoms with Crippen molar-refractivity contribution in [2.75, 3.05) is 26.2 Å². The molecule has 0 aliphatic carbocycles. The van der Waals surface area contributed by atoms with E-state index in [0.29, 0.717) is 6.04 Å². The fourth-order valence-electron chi connectivity index (χ4n) is 1.97. The minimum absolute atomic E-state index is 0.664. The van der Waals surface area contributed by atoms with Crippen LogP contribution in [0.3, 0.4) is 0 Å². The molecular weight excluding hydrogens is 200 g/mol. The average molecular weight is 220 g/mol. The SMILES string of the molecule is c1ccc(OCCNCC2CCCN2)cc1. The van der Waals surface area contributed by atoms with Gasteiger partial charge in [0.1, 0.15) is 12.4 Å². The molecule has 1 aliphatic heterocycles. The second kappa shape index (κ2) is 6.51. The molecule has 1 saturated heterocycles. The van der Waals surface area contributed by atoms with E-state index >= 15 is 0 Å². The molecule has 1 aromatic rings. The van der Waals surface area contributed by atoms with Gasteiger partial charge in [0, 0.05) is 19.1 Å². The molecule has 2 N–H and O–H groups in total. The van der Waals surface area contributed by atoms with Crippen molar-refractivity contribution in [3.05, 3.63) is 30.3 Å². The summed E-state index contributed by atoms with van der Waals surface area (Å²) in [6.45, 7) is 3.87. The number of hydrogen-bond donors (Lipinski definition) is 2. The van der Waals surface area contributed by atoms with Gasteiger partial charge in [-0.05, 0) is 31.5 Å². The molecule has 0 radical (unpaired) electrons. The third-order valence-corrected chi connectivity index (χ3v) is 2.84. The van der Waals surface area contributed by atoms with Crippen LogP contribution < -0.4 is 15.4 Å². The number of hydrogen-bond acceptors (Lipinski definition) is 3. The third kappa shape index (κ3) is 3.83. The van der Waals surface area contributed by atoms with Crippen LogP contribution in [0.15, 0.2) is 30.3 Å². The van der Waals surface area contributed by atoms with Gasteiger partial charge in [0.15, 0.2) is 0 Å². The zero-order valence-electron chi connectivity index (χ0n) is 9.61. The van der Waals surface area contributed by atoms with Gasteiger partial charge in [0.05, 0.1) is 0 Å². The van der Waals surface area contributed by atoms with Gasteiger partial charge in [0.2, 0.25) is 0 Å². The largest absolute Gasteiger partial charge is 0.492 e. The molecule has 1 heterocycles. The Bertz CT molecular complexity index is 283. The number of rotatable bonds is 6. The topological polar surface area (TPSA) is 33.3 Å². The van der Waals surface area contributed by atoms with Crippen LogP contribution in [-0.2, 0) is 0 Å². The molecule has 0 spiro atoms. The van der Waals surface area contributed by atoms with E-state index in [9.17, 15) is 0 Å². The van der Waals surface area contributed by atoms with Crippen molar-refractivity contribution >= 4 is 0 Å². The summed E-state index contributed by atoms with van der Waals surface area (Å²) in [6.07, 6.45) is 2.61. The molecule has 16 heavy (non-hydrogen) atoms. The number of nitrogens with one attached hydrogen (secondary N) is 2. The first kappa shape index (κ1) is 11.4. The van der Waals surface area contributed by atoms with Gasteiger partial charge in [-0.25, -0.2) is 0 Å². The van der Waals surface area contributed by atoms with E-state index in [-0.39, 0.29) is 0 Å². The van der Waals surface area contributed by atoms with E-state index in [1.54, 1.807) is 0 Å². The number of para-hydroxylation sites is 1. The third-order valence-electron chi connectivity index (χ3n) is 2.84. The first-order valence-electron chi connectivity index (χ1n) is 6.07. The van der Waals surface area contributed by atoms with Crippen LogP contribution in [0, 0.1) is 0 Å². The number of benzene rings is 1. The predicted molar refractivity (Wildman–Crippen MR) is 65.8 cm³/mol. The predicted octanol–water partition coefficient (Wildman–Crippen LogP) is 1.41. The molecule has 0 aromatic heterocycles. The fourth-order valence-corrected chi connectivity index (χ4v) is 1.97. The molecule has 0 bridgehead atoms. The standard InChI is InChI=1S/C13H20N2O/c1-2-6-13(7-3-1)16-10-9-14-11-12-5-4-8-15-12/h1-3,6-7,12,14-15H,4-5,8-11H2. The number of ether oxygens (including phenoxy) is 1. The van der Waals surface area contributed by atoms with Crippen molar-refractivity contribution in [2.45, 2.75) is 18.9 Å². The normalized spacial score (nSPS) is 19.9. The highest BCUT2D eigenvalue weighted by molar-refractivity contribution is 5.20. The molecule has 1 fully saturated rings. The second-order valence-corrected chi connectivity index (χ2v) is 4.16. The highest BCUT2D eigenvalue weighted by Crippen LogP contribution is 2.07. The van der Waals surface area contributed by atoms with Crippen LogP contribution in [0.25, 0.3) is 0 Å². The zero-order chi connectivity index (χ0) is 11.1. The van der Waals surface area contributed by atoms with Crippen LogP contribution in [-0.4, -0.2) is 32.3 Å². The van der Waals surface area contributed by atoms with Crippen LogP contribution in [0.2, 0.25) is 0 Å². The molecule has 3 nitrogen and oxygen atoms in total. The first-order valence-corrected chi connectivity index (χ1v) is 6.07. The Morgan fingerprint density at radius 3 is 2.94 bits per heavy atom. The highest BCUT2D eigenvalue weighted by Gasteiger charge is 2.12. The van der Waals surface area contributed by atoms with E-state index in [1.807, 2.05) is 30.3 Å². The summed E-state index contributed by atoms with van der Waals surface area (Å²) in [5, 5.41) is 6.87. The molecule has 1 unspecified atom stereocenters. The molecule has 2 rings (SSSR count). The van der Waals surface area contributed by atoms with E-state index in [1.165, 1.54) is 19.4 Å². The van der Waals surface area contributed by atoms with Crippen molar-refractivity contribution < 1.29 is 4.74 Å². The summed E-state index contributed by atoms with van der Waals surface area (Å²) in [5.74, 6) is 0.947. The summed E-state index contributed by atoms with van der Waals surface area (Å²) in [7, 11) is 0. The summed E-state index contributed by atoms with van der Waals surface area (Å²) < 4.78 is 5.59. The maximum Gasteiger partial charge on any atom is 0.119 e. The quantitative estimate of drug-likeness (QED) is 0.711. The van der Waals surface area contributed by atoms with Gasteiger partial charge >= 0.3 is 0 Å². The van der Waals surface area contributed by atoms with Gasteiger partial charge in [-0.15, -0.1) is 0 Å². The van der Waals surface area contributed by atoms with Crippen LogP contribution in [0.4, 0.5) is 0 Å². The fraction of sp³-hybridized carbons (Fsp3) is 0.538. The molecule has 88 valence electrons. The van der Waals surface area contributed by atoms with Crippen molar-refractivity contribution in [3.8, 4) is 5.75 Å². The first-order chi connectivity index (χ1) is 7.95. The lowest BCUT2D eigenvalue weighted by molar-refractivity contribution is 0.311. The molecule has 3 heteroatoms. The maximum absolute atomic E-state index is 5.59. The molecule has 0 saturated carbocycles. The van der Waals surface area contributed by atoms with E-state index in [2.05, 4.69) is 10.6 Å². The Morgan fingerprint density at radius 1 is 1.31 bits per heavy atom. The zero-order valence-corrected chi connectivity index (χ0v) is 9.61. The summed E-state index contributed by atoms with van der Waals surface area (Å²) in [6, 6.07) is 10.6. The van der Waals surface area contributed by atoms with E-state index in [4.69, 9.17) is 4.74 Å². The van der Waals surface area contributed by atoms with E-state index < -0.39 is 0 Å². The van der Waals surface area contributed by atoms with E-state index in [0.717, 1.165) is 25.4 Å². The monoisotopic (exact) mass is 220 g/mol. The second-order valence-electron chi connectivity index (χ2n) is 4.16. The lowest BCUT2D eigenvalue weighted by Gasteiger charge is -2.11. The van der Waals surface area contributed by atoms with Crippen LogP contribution >= 0.6 is 0 Å². The molecule has 1 aliphatic rings. The summed E-state index contributed by atoms with van der Waals surface area (Å²) in [5.41, 5.74) is 0. The highest BCUT2D eigenvalue weighted by atomic mass is 16.5. The van der Waals surface area contributed by atoms with Gasteiger partial charge in [-0.1, -0.05) is 18.2 Å². The van der Waals surface area contributed by atoms with Gasteiger partial charge in [-0.2, -0.15) is 0 Å². The smallest absolute Gasteiger partial charge is 0.119 e. The molecular formula is C13H20N2O. The van der Waals surface area contributed by atoms with Gasteiger partial charge in [0.25, 0.3) is 0 Å². The van der Waals surface area contributed by atoms with Gasteiger partial charge in [-0.3, -0.25) is 0 Å². The minimum atomic E-state index is 0.664. The molecule has 0 amide bonds. The Labute approximate surface area is 97.2 Å². The van der Waals surface area contributed by atoms with Crippen molar-refractivity contribution in [3.63, 3.8) is 0 Å². The lowest BCUT2D eigenvalue weighted by Crippen LogP contribution is -2.35. The van der Waals surface area contributed by atoms with Crippen molar-refractivity contribution in [1.82, 2.24) is 10.6 Å². The van der Waals surface area contributed by atoms with Crippen molar-refractivity contribution in [1.29, 1.82) is 0 Å².